The van der Waals surface area contributed by atoms with Gasteiger partial charge in [-0.3, -0.25) is 0 Å². The highest BCUT2D eigenvalue weighted by Gasteiger charge is 2.38. The zero-order valence-corrected chi connectivity index (χ0v) is 11.0. The third kappa shape index (κ3) is 3.21. The van der Waals surface area contributed by atoms with E-state index in [-0.39, 0.29) is 12.1 Å². The molecular weight excluding hydrogens is 214 g/mol. The highest BCUT2D eigenvalue weighted by Crippen LogP contribution is 2.34. The summed E-state index contributed by atoms with van der Waals surface area (Å²) in [5.41, 5.74) is -0.640. The molecular formula is C14H27NO2. The molecule has 2 unspecified atom stereocenters. The van der Waals surface area contributed by atoms with Crippen molar-refractivity contribution in [2.75, 3.05) is 13.2 Å². The molecule has 100 valence electrons. The van der Waals surface area contributed by atoms with E-state index in [2.05, 4.69) is 12.2 Å². The Balaban J connectivity index is 1.90. The Bertz CT molecular complexity index is 251. The van der Waals surface area contributed by atoms with Gasteiger partial charge in [0.1, 0.15) is 0 Å². The Morgan fingerprint density at radius 1 is 1.18 bits per heavy atom. The van der Waals surface area contributed by atoms with E-state index in [0.29, 0.717) is 12.5 Å². The first-order chi connectivity index (χ1) is 8.08. The van der Waals surface area contributed by atoms with E-state index in [4.69, 9.17) is 0 Å². The minimum Gasteiger partial charge on any atom is -0.394 e. The van der Waals surface area contributed by atoms with Crippen LogP contribution in [0.25, 0.3) is 0 Å². The Morgan fingerprint density at radius 2 is 1.88 bits per heavy atom. The number of aliphatic hydroxyl groups is 2. The van der Waals surface area contributed by atoms with Crippen LogP contribution in [-0.2, 0) is 0 Å². The lowest BCUT2D eigenvalue weighted by Gasteiger charge is -2.41. The van der Waals surface area contributed by atoms with E-state index in [9.17, 15) is 10.2 Å². The van der Waals surface area contributed by atoms with Crippen molar-refractivity contribution in [1.82, 2.24) is 5.32 Å². The maximum atomic E-state index is 10.4. The number of hydrogen-bond acceptors (Lipinski definition) is 3. The van der Waals surface area contributed by atoms with Crippen LogP contribution in [0.5, 0.6) is 0 Å². The lowest BCUT2D eigenvalue weighted by atomic mass is 9.76. The second-order valence-electron chi connectivity index (χ2n) is 6.42. The molecule has 2 atom stereocenters. The predicted octanol–water partition coefficient (Wildman–Crippen LogP) is 1.82. The zero-order chi connectivity index (χ0) is 12.4. The van der Waals surface area contributed by atoms with Gasteiger partial charge in [0.25, 0.3) is 0 Å². The predicted molar refractivity (Wildman–Crippen MR) is 68.9 cm³/mol. The van der Waals surface area contributed by atoms with Crippen LogP contribution in [0.2, 0.25) is 0 Å². The Labute approximate surface area is 105 Å². The van der Waals surface area contributed by atoms with Crippen molar-refractivity contribution in [2.45, 2.75) is 69.4 Å². The maximum absolute atomic E-state index is 10.4. The van der Waals surface area contributed by atoms with E-state index in [1.807, 2.05) is 0 Å². The van der Waals surface area contributed by atoms with Crippen LogP contribution in [-0.4, -0.2) is 34.5 Å². The fourth-order valence-electron chi connectivity index (χ4n) is 3.58. The molecule has 2 fully saturated rings. The molecule has 0 aromatic rings. The molecule has 2 saturated carbocycles. The largest absolute Gasteiger partial charge is 0.394 e. The van der Waals surface area contributed by atoms with Crippen LogP contribution >= 0.6 is 0 Å². The van der Waals surface area contributed by atoms with E-state index in [1.54, 1.807) is 0 Å². The second kappa shape index (κ2) is 5.25. The summed E-state index contributed by atoms with van der Waals surface area (Å²) < 4.78 is 0. The Kier molecular flexibility index (Phi) is 4.11. The molecule has 3 heteroatoms. The zero-order valence-electron chi connectivity index (χ0n) is 11.0. The summed E-state index contributed by atoms with van der Waals surface area (Å²) in [5, 5.41) is 23.5. The van der Waals surface area contributed by atoms with Gasteiger partial charge < -0.3 is 15.5 Å². The fourth-order valence-corrected chi connectivity index (χ4v) is 3.58. The van der Waals surface area contributed by atoms with Gasteiger partial charge in [-0.25, -0.2) is 0 Å². The standard InChI is InChI=1S/C14H27NO2/c1-12-5-4-6-13(9-12,11-16)15-10-14(17)7-2-3-8-14/h12,15-17H,2-11H2,1H3. The second-order valence-corrected chi connectivity index (χ2v) is 6.42. The van der Waals surface area contributed by atoms with Crippen LogP contribution in [0.1, 0.15) is 58.3 Å². The van der Waals surface area contributed by atoms with E-state index >= 15 is 0 Å². The molecule has 2 aliphatic carbocycles. The monoisotopic (exact) mass is 241 g/mol. The highest BCUT2D eigenvalue weighted by atomic mass is 16.3. The van der Waals surface area contributed by atoms with Gasteiger partial charge in [0.05, 0.1) is 12.2 Å². The SMILES string of the molecule is CC1CCCC(CO)(NCC2(O)CCCC2)C1. The summed E-state index contributed by atoms with van der Waals surface area (Å²) in [4.78, 5) is 0. The van der Waals surface area contributed by atoms with Gasteiger partial charge >= 0.3 is 0 Å². The molecule has 2 rings (SSSR count). The Hall–Kier alpha value is -0.120. The molecule has 0 amide bonds. The smallest absolute Gasteiger partial charge is 0.0771 e. The first-order valence-corrected chi connectivity index (χ1v) is 7.16. The number of aliphatic hydroxyl groups excluding tert-OH is 1. The average molecular weight is 241 g/mol. The third-order valence-corrected chi connectivity index (χ3v) is 4.72. The van der Waals surface area contributed by atoms with Gasteiger partial charge in [-0.15, -0.1) is 0 Å². The third-order valence-electron chi connectivity index (χ3n) is 4.72. The van der Waals surface area contributed by atoms with E-state index < -0.39 is 5.60 Å². The molecule has 0 heterocycles. The van der Waals surface area contributed by atoms with Gasteiger partial charge in [0.15, 0.2) is 0 Å². The van der Waals surface area contributed by atoms with Crippen LogP contribution in [0.3, 0.4) is 0 Å². The van der Waals surface area contributed by atoms with E-state index in [1.165, 1.54) is 12.8 Å². The molecule has 17 heavy (non-hydrogen) atoms. The van der Waals surface area contributed by atoms with Crippen molar-refractivity contribution < 1.29 is 10.2 Å². The van der Waals surface area contributed by atoms with E-state index in [0.717, 1.165) is 38.5 Å². The fraction of sp³-hybridized carbons (Fsp3) is 1.00. The highest BCUT2D eigenvalue weighted by molar-refractivity contribution is 4.96. The average Bonchev–Trinajstić information content (AvgIpc) is 2.75. The molecule has 0 bridgehead atoms. The minimum absolute atomic E-state index is 0.129. The molecule has 3 nitrogen and oxygen atoms in total. The van der Waals surface area contributed by atoms with Crippen molar-refractivity contribution in [3.63, 3.8) is 0 Å². The number of hydrogen-bond donors (Lipinski definition) is 3. The van der Waals surface area contributed by atoms with Crippen molar-refractivity contribution in [2.24, 2.45) is 5.92 Å². The number of β-amino-alcohol motifs (C(OH)–C–C–N with tert-alkyl or cyclic N) is 1. The lowest BCUT2D eigenvalue weighted by Crippen LogP contribution is -2.55. The van der Waals surface area contributed by atoms with Gasteiger partial charge in [0.2, 0.25) is 0 Å². The van der Waals surface area contributed by atoms with Crippen molar-refractivity contribution in [1.29, 1.82) is 0 Å². The molecule has 0 radical (unpaired) electrons. The van der Waals surface area contributed by atoms with Crippen LogP contribution in [0.15, 0.2) is 0 Å². The molecule has 0 aliphatic heterocycles. The molecule has 0 spiro atoms. The van der Waals surface area contributed by atoms with Crippen LogP contribution in [0, 0.1) is 5.92 Å². The first kappa shape index (κ1) is 13.3. The van der Waals surface area contributed by atoms with Gasteiger partial charge in [-0.05, 0) is 31.6 Å². The maximum Gasteiger partial charge on any atom is 0.0771 e. The quantitative estimate of drug-likeness (QED) is 0.704. The van der Waals surface area contributed by atoms with Crippen molar-refractivity contribution in [3.05, 3.63) is 0 Å². The van der Waals surface area contributed by atoms with Gasteiger partial charge in [0, 0.05) is 12.1 Å². The molecule has 0 aromatic carbocycles. The summed E-state index contributed by atoms with van der Waals surface area (Å²) in [7, 11) is 0. The minimum atomic E-state index is -0.511. The van der Waals surface area contributed by atoms with Crippen LogP contribution < -0.4 is 5.32 Å². The van der Waals surface area contributed by atoms with Crippen molar-refractivity contribution >= 4 is 0 Å². The summed E-state index contributed by atoms with van der Waals surface area (Å²) in [6.07, 6.45) is 8.65. The first-order valence-electron chi connectivity index (χ1n) is 7.16. The van der Waals surface area contributed by atoms with Crippen LogP contribution in [0.4, 0.5) is 0 Å². The number of nitrogens with one attached hydrogen (secondary N) is 1. The summed E-state index contributed by atoms with van der Waals surface area (Å²) in [6.45, 7) is 3.11. The molecule has 0 aromatic heterocycles. The summed E-state index contributed by atoms with van der Waals surface area (Å²) >= 11 is 0. The Morgan fingerprint density at radius 3 is 2.47 bits per heavy atom. The number of rotatable bonds is 4. The normalized spacial score (nSPS) is 37.2. The topological polar surface area (TPSA) is 52.5 Å². The molecule has 2 aliphatic rings. The van der Waals surface area contributed by atoms with Crippen molar-refractivity contribution in [3.8, 4) is 0 Å². The lowest BCUT2D eigenvalue weighted by molar-refractivity contribution is 0.0204. The summed E-state index contributed by atoms with van der Waals surface area (Å²) in [5.74, 6) is 0.682. The van der Waals surface area contributed by atoms with Gasteiger partial charge in [-0.1, -0.05) is 32.6 Å². The molecule has 3 N–H and O–H groups in total. The summed E-state index contributed by atoms with van der Waals surface area (Å²) in [6, 6.07) is 0. The van der Waals surface area contributed by atoms with Gasteiger partial charge in [-0.2, -0.15) is 0 Å². The molecule has 0 saturated heterocycles.